The largest absolute Gasteiger partial charge is 0.366 e. The van der Waals surface area contributed by atoms with E-state index in [4.69, 9.17) is 0 Å². The minimum absolute atomic E-state index is 0.0627. The SMILES string of the molecule is Cc1cc(/C=C2\SC(=O)N(Cc3ccccc3F)C2=O)c(C)n1-c1ccc(N2CCCCC2)c([N+](=O)[O-])c1. The highest BCUT2D eigenvalue weighted by atomic mass is 32.2. The van der Waals surface area contributed by atoms with Crippen molar-refractivity contribution in [2.24, 2.45) is 0 Å². The quantitative estimate of drug-likeness (QED) is 0.207. The first-order valence-corrected chi connectivity index (χ1v) is 13.3. The summed E-state index contributed by atoms with van der Waals surface area (Å²) >= 11 is 0.817. The Balaban J connectivity index is 1.45. The average Bonchev–Trinajstić information content (AvgIpc) is 3.34. The van der Waals surface area contributed by atoms with Gasteiger partial charge in [0.1, 0.15) is 11.5 Å². The maximum Gasteiger partial charge on any atom is 0.294 e. The minimum Gasteiger partial charge on any atom is -0.366 e. The summed E-state index contributed by atoms with van der Waals surface area (Å²) in [5, 5.41) is 11.5. The van der Waals surface area contributed by atoms with E-state index in [2.05, 4.69) is 4.90 Å². The number of piperidine rings is 1. The fraction of sp³-hybridized carbons (Fsp3) is 0.286. The second-order valence-electron chi connectivity index (χ2n) is 9.50. The molecular weight excluding hydrogens is 507 g/mol. The van der Waals surface area contributed by atoms with Crippen molar-refractivity contribution in [2.45, 2.75) is 39.7 Å². The van der Waals surface area contributed by atoms with Gasteiger partial charge in [0.05, 0.1) is 22.1 Å². The molecule has 0 saturated carbocycles. The number of halogens is 1. The van der Waals surface area contributed by atoms with E-state index >= 15 is 0 Å². The Morgan fingerprint density at radius 2 is 1.79 bits per heavy atom. The van der Waals surface area contributed by atoms with Crippen LogP contribution < -0.4 is 4.90 Å². The van der Waals surface area contributed by atoms with E-state index in [1.807, 2.05) is 36.6 Å². The lowest BCUT2D eigenvalue weighted by Gasteiger charge is -2.28. The van der Waals surface area contributed by atoms with Gasteiger partial charge in [-0.2, -0.15) is 0 Å². The Morgan fingerprint density at radius 1 is 1.05 bits per heavy atom. The molecule has 2 aliphatic rings. The maximum absolute atomic E-state index is 14.1. The summed E-state index contributed by atoms with van der Waals surface area (Å²) in [6.07, 6.45) is 4.82. The van der Waals surface area contributed by atoms with Crippen LogP contribution in [0.2, 0.25) is 0 Å². The molecule has 0 unspecified atom stereocenters. The third-order valence-electron chi connectivity index (χ3n) is 7.03. The molecule has 8 nitrogen and oxygen atoms in total. The number of hydrogen-bond acceptors (Lipinski definition) is 6. The number of hydrogen-bond donors (Lipinski definition) is 0. The molecule has 2 fully saturated rings. The van der Waals surface area contributed by atoms with E-state index in [-0.39, 0.29) is 27.6 Å². The Hall–Kier alpha value is -3.92. The van der Waals surface area contributed by atoms with Crippen LogP contribution in [-0.2, 0) is 11.3 Å². The van der Waals surface area contributed by atoms with Gasteiger partial charge in [-0.05, 0) is 80.8 Å². The molecular formula is C28H27FN4O4S. The Bertz CT molecular complexity index is 1480. The summed E-state index contributed by atoms with van der Waals surface area (Å²) in [5.74, 6) is -0.950. The molecule has 10 heteroatoms. The first-order chi connectivity index (χ1) is 18.2. The molecule has 2 aromatic carbocycles. The fourth-order valence-corrected chi connectivity index (χ4v) is 5.93. The molecule has 2 saturated heterocycles. The average molecular weight is 535 g/mol. The summed E-state index contributed by atoms with van der Waals surface area (Å²) in [7, 11) is 0. The molecule has 196 valence electrons. The molecule has 0 aliphatic carbocycles. The van der Waals surface area contributed by atoms with E-state index in [0.29, 0.717) is 11.4 Å². The molecule has 3 heterocycles. The monoisotopic (exact) mass is 534 g/mol. The molecule has 2 amide bonds. The summed E-state index contributed by atoms with van der Waals surface area (Å²) in [5.41, 5.74) is 3.95. The van der Waals surface area contributed by atoms with Crippen LogP contribution in [0.3, 0.4) is 0 Å². The first kappa shape index (κ1) is 25.7. The second-order valence-corrected chi connectivity index (χ2v) is 10.5. The highest BCUT2D eigenvalue weighted by Gasteiger charge is 2.35. The van der Waals surface area contributed by atoms with Gasteiger partial charge in [0.15, 0.2) is 0 Å². The van der Waals surface area contributed by atoms with Crippen LogP contribution in [0.4, 0.5) is 20.6 Å². The summed E-state index contributed by atoms with van der Waals surface area (Å²) in [6, 6.07) is 13.2. The molecule has 3 aromatic rings. The topological polar surface area (TPSA) is 88.7 Å². The van der Waals surface area contributed by atoms with Crippen LogP contribution in [0.1, 0.15) is 41.8 Å². The first-order valence-electron chi connectivity index (χ1n) is 12.5. The minimum atomic E-state index is -0.477. The number of imide groups is 1. The van der Waals surface area contributed by atoms with E-state index in [1.165, 1.54) is 6.07 Å². The normalized spacial score (nSPS) is 17.1. The number of thioether (sulfide) groups is 1. The van der Waals surface area contributed by atoms with E-state index in [0.717, 1.165) is 66.0 Å². The number of nitro benzene ring substituents is 1. The lowest BCUT2D eigenvalue weighted by atomic mass is 10.1. The van der Waals surface area contributed by atoms with E-state index in [1.54, 1.807) is 30.3 Å². The molecule has 0 atom stereocenters. The van der Waals surface area contributed by atoms with E-state index < -0.39 is 17.0 Å². The number of anilines is 1. The van der Waals surface area contributed by atoms with Crippen LogP contribution >= 0.6 is 11.8 Å². The van der Waals surface area contributed by atoms with Crippen LogP contribution in [0.15, 0.2) is 53.4 Å². The van der Waals surface area contributed by atoms with Gasteiger partial charge in [-0.3, -0.25) is 24.6 Å². The highest BCUT2D eigenvalue weighted by molar-refractivity contribution is 8.18. The molecule has 38 heavy (non-hydrogen) atoms. The van der Waals surface area contributed by atoms with Gasteiger partial charge in [0, 0.05) is 36.1 Å². The number of aromatic nitrogens is 1. The van der Waals surface area contributed by atoms with E-state index in [9.17, 15) is 24.1 Å². The van der Waals surface area contributed by atoms with Crippen molar-refractivity contribution < 1.29 is 18.9 Å². The summed E-state index contributed by atoms with van der Waals surface area (Å²) in [4.78, 5) is 40.6. The van der Waals surface area contributed by atoms with Gasteiger partial charge in [-0.1, -0.05) is 18.2 Å². The molecule has 5 rings (SSSR count). The number of benzene rings is 2. The lowest BCUT2D eigenvalue weighted by molar-refractivity contribution is -0.384. The Morgan fingerprint density at radius 3 is 2.50 bits per heavy atom. The third-order valence-corrected chi connectivity index (χ3v) is 7.93. The maximum atomic E-state index is 14.1. The Kier molecular flexibility index (Phi) is 7.07. The van der Waals surface area contributed by atoms with Gasteiger partial charge in [-0.25, -0.2) is 4.39 Å². The van der Waals surface area contributed by atoms with Gasteiger partial charge in [-0.15, -0.1) is 0 Å². The zero-order valence-electron chi connectivity index (χ0n) is 21.1. The van der Waals surface area contributed by atoms with Gasteiger partial charge in [0.25, 0.3) is 16.8 Å². The van der Waals surface area contributed by atoms with Crippen LogP contribution in [0, 0.1) is 29.8 Å². The fourth-order valence-electron chi connectivity index (χ4n) is 5.10. The third kappa shape index (κ3) is 4.83. The van der Waals surface area contributed by atoms with Crippen molar-refractivity contribution in [2.75, 3.05) is 18.0 Å². The van der Waals surface area contributed by atoms with Gasteiger partial charge >= 0.3 is 0 Å². The Labute approximate surface area is 223 Å². The van der Waals surface area contributed by atoms with Crippen molar-refractivity contribution in [1.29, 1.82) is 0 Å². The number of nitro groups is 1. The number of rotatable bonds is 6. The standard InChI is InChI=1S/C28H27FN4O4S/c1-18-14-21(15-26-27(34)31(28(35)38-26)17-20-8-4-5-9-23(20)29)19(2)32(18)22-10-11-24(25(16-22)33(36)37)30-12-6-3-7-13-30/h4-5,8-11,14-16H,3,6-7,12-13,17H2,1-2H3/b26-15-. The number of nitrogens with zero attached hydrogens (tertiary/aromatic N) is 4. The highest BCUT2D eigenvalue weighted by Crippen LogP contribution is 2.36. The van der Waals surface area contributed by atoms with Gasteiger partial charge in [0.2, 0.25) is 0 Å². The molecule has 2 aliphatic heterocycles. The zero-order chi connectivity index (χ0) is 27.0. The molecule has 1 aromatic heterocycles. The van der Waals surface area contributed by atoms with Crippen LogP contribution in [-0.4, -0.2) is 38.6 Å². The van der Waals surface area contributed by atoms with Crippen molar-refractivity contribution >= 4 is 40.4 Å². The van der Waals surface area contributed by atoms with Crippen molar-refractivity contribution in [3.05, 3.63) is 91.9 Å². The number of amides is 2. The predicted molar refractivity (Wildman–Crippen MR) is 146 cm³/mol. The van der Waals surface area contributed by atoms with Gasteiger partial charge < -0.3 is 9.47 Å². The zero-order valence-corrected chi connectivity index (χ0v) is 22.0. The van der Waals surface area contributed by atoms with Crippen LogP contribution in [0.25, 0.3) is 11.8 Å². The summed E-state index contributed by atoms with van der Waals surface area (Å²) < 4.78 is 16.0. The molecule has 0 N–H and O–H groups in total. The molecule has 0 spiro atoms. The second kappa shape index (κ2) is 10.4. The molecule has 0 radical (unpaired) electrons. The number of carbonyl (C=O) groups is 2. The lowest BCUT2D eigenvalue weighted by Crippen LogP contribution is -2.30. The van der Waals surface area contributed by atoms with Crippen molar-refractivity contribution in [3.63, 3.8) is 0 Å². The number of aryl methyl sites for hydroxylation is 1. The predicted octanol–water partition coefficient (Wildman–Crippen LogP) is 6.37. The van der Waals surface area contributed by atoms with Crippen molar-refractivity contribution in [3.8, 4) is 5.69 Å². The van der Waals surface area contributed by atoms with Crippen molar-refractivity contribution in [1.82, 2.24) is 9.47 Å². The molecule has 0 bridgehead atoms. The summed E-state index contributed by atoms with van der Waals surface area (Å²) in [6.45, 7) is 5.22. The number of carbonyl (C=O) groups excluding carboxylic acids is 2. The van der Waals surface area contributed by atoms with Crippen LogP contribution in [0.5, 0.6) is 0 Å². The smallest absolute Gasteiger partial charge is 0.294 e.